The number of benzene rings is 2. The largest absolute Gasteiger partial charge is 0.461 e. The van der Waals surface area contributed by atoms with E-state index in [-0.39, 0.29) is 23.9 Å². The van der Waals surface area contributed by atoms with Crippen LogP contribution in [0.3, 0.4) is 0 Å². The van der Waals surface area contributed by atoms with Crippen molar-refractivity contribution in [3.8, 4) is 22.5 Å². The van der Waals surface area contributed by atoms with Crippen molar-refractivity contribution in [3.05, 3.63) is 54.1 Å². The summed E-state index contributed by atoms with van der Waals surface area (Å²) >= 11 is 0. The van der Waals surface area contributed by atoms with Gasteiger partial charge in [0, 0.05) is 18.5 Å². The van der Waals surface area contributed by atoms with Crippen molar-refractivity contribution in [2.24, 2.45) is 5.92 Å². The van der Waals surface area contributed by atoms with E-state index in [0.717, 1.165) is 35.1 Å². The topological polar surface area (TPSA) is 101 Å². The van der Waals surface area contributed by atoms with Gasteiger partial charge in [0.1, 0.15) is 6.04 Å². The molecule has 0 bridgehead atoms. The number of aromatic amines is 1. The zero-order valence-electron chi connectivity index (χ0n) is 21.2. The summed E-state index contributed by atoms with van der Waals surface area (Å²) in [6.07, 6.45) is 1.86. The molecular formula is C27H35N5O3. The number of ether oxygens (including phenoxy) is 1. The zero-order chi connectivity index (χ0) is 25.4. The number of carbonyl (C=O) groups is 2. The van der Waals surface area contributed by atoms with E-state index in [1.54, 1.807) is 4.90 Å². The van der Waals surface area contributed by atoms with Crippen LogP contribution in [0.4, 0.5) is 0 Å². The number of hydrogen-bond acceptors (Lipinski definition) is 6. The molecule has 1 atom stereocenters. The van der Waals surface area contributed by atoms with E-state index in [4.69, 9.17) is 4.74 Å². The van der Waals surface area contributed by atoms with E-state index < -0.39 is 6.04 Å². The van der Waals surface area contributed by atoms with Crippen LogP contribution in [0.2, 0.25) is 0 Å². The highest BCUT2D eigenvalue weighted by molar-refractivity contribution is 5.85. The maximum absolute atomic E-state index is 13.2. The molecule has 0 fully saturated rings. The summed E-state index contributed by atoms with van der Waals surface area (Å²) < 4.78 is 5.52. The van der Waals surface area contributed by atoms with Crippen LogP contribution < -0.4 is 0 Å². The summed E-state index contributed by atoms with van der Waals surface area (Å²) in [6.45, 7) is 9.93. The standard InChI is InChI=1S/C27H35N5O3/c1-6-7-12-24(33)32(25(18(2)3)27(34)35-19(4)5)17-20-13-15-21(16-14-20)22-10-8-9-11-23(22)26-28-30-31-29-26/h8-11,13-16,18-19,25H,6-7,12,17H2,1-5H3,(H,28,29,30,31)/t25-/m0/s1. The lowest BCUT2D eigenvalue weighted by molar-refractivity contribution is -0.161. The van der Waals surface area contributed by atoms with Crippen LogP contribution >= 0.6 is 0 Å². The molecule has 8 heteroatoms. The summed E-state index contributed by atoms with van der Waals surface area (Å²) in [5.74, 6) is 0.0667. The minimum absolute atomic E-state index is 0.0298. The van der Waals surface area contributed by atoms with Crippen molar-refractivity contribution in [1.29, 1.82) is 0 Å². The van der Waals surface area contributed by atoms with Crippen molar-refractivity contribution >= 4 is 11.9 Å². The van der Waals surface area contributed by atoms with E-state index in [2.05, 4.69) is 27.5 Å². The molecule has 0 aliphatic carbocycles. The first-order valence-electron chi connectivity index (χ1n) is 12.2. The summed E-state index contributed by atoms with van der Waals surface area (Å²) in [5, 5.41) is 14.4. The minimum atomic E-state index is -0.639. The molecule has 1 aromatic heterocycles. The van der Waals surface area contributed by atoms with Gasteiger partial charge in [-0.25, -0.2) is 4.79 Å². The average Bonchev–Trinajstić information content (AvgIpc) is 3.37. The molecule has 0 spiro atoms. The third-order valence-corrected chi connectivity index (χ3v) is 5.76. The number of unbranched alkanes of at least 4 members (excludes halogenated alkanes) is 1. The van der Waals surface area contributed by atoms with Gasteiger partial charge in [-0.05, 0) is 48.1 Å². The highest BCUT2D eigenvalue weighted by Gasteiger charge is 2.34. The van der Waals surface area contributed by atoms with Crippen molar-refractivity contribution < 1.29 is 14.3 Å². The van der Waals surface area contributed by atoms with Crippen molar-refractivity contribution in [3.63, 3.8) is 0 Å². The Morgan fingerprint density at radius 3 is 2.26 bits per heavy atom. The van der Waals surface area contributed by atoms with Gasteiger partial charge < -0.3 is 9.64 Å². The second-order valence-corrected chi connectivity index (χ2v) is 9.28. The number of H-pyrrole nitrogens is 1. The molecule has 3 aromatic rings. The van der Waals surface area contributed by atoms with Gasteiger partial charge in [0.25, 0.3) is 0 Å². The Labute approximate surface area is 207 Å². The number of nitrogens with zero attached hydrogens (tertiary/aromatic N) is 4. The van der Waals surface area contributed by atoms with Crippen LogP contribution in [0.15, 0.2) is 48.5 Å². The van der Waals surface area contributed by atoms with E-state index in [1.807, 2.05) is 76.2 Å². The minimum Gasteiger partial charge on any atom is -0.461 e. The fourth-order valence-corrected chi connectivity index (χ4v) is 4.07. The number of tetrazole rings is 1. The first-order chi connectivity index (χ1) is 16.8. The van der Waals surface area contributed by atoms with E-state index in [0.29, 0.717) is 18.8 Å². The molecular weight excluding hydrogens is 442 g/mol. The number of amides is 1. The van der Waals surface area contributed by atoms with Crippen LogP contribution in [-0.2, 0) is 20.9 Å². The Bertz CT molecular complexity index is 1090. The summed E-state index contributed by atoms with van der Waals surface area (Å²) in [7, 11) is 0. The number of aromatic nitrogens is 4. The lowest BCUT2D eigenvalue weighted by Crippen LogP contribution is -2.48. The molecule has 0 saturated carbocycles. The first-order valence-corrected chi connectivity index (χ1v) is 12.2. The second kappa shape index (κ2) is 12.2. The quantitative estimate of drug-likeness (QED) is 0.389. The highest BCUT2D eigenvalue weighted by atomic mass is 16.5. The molecule has 1 N–H and O–H groups in total. The molecule has 0 radical (unpaired) electrons. The number of rotatable bonds is 11. The Morgan fingerprint density at radius 2 is 1.69 bits per heavy atom. The Morgan fingerprint density at radius 1 is 1.00 bits per heavy atom. The molecule has 186 valence electrons. The Hall–Kier alpha value is -3.55. The van der Waals surface area contributed by atoms with Crippen LogP contribution in [0, 0.1) is 5.92 Å². The van der Waals surface area contributed by atoms with Gasteiger partial charge in [-0.3, -0.25) is 4.79 Å². The van der Waals surface area contributed by atoms with Crippen molar-refractivity contribution in [2.45, 2.75) is 72.6 Å². The van der Waals surface area contributed by atoms with Crippen LogP contribution in [0.5, 0.6) is 0 Å². The predicted molar refractivity (Wildman–Crippen MR) is 135 cm³/mol. The Balaban J connectivity index is 1.88. The molecule has 0 aliphatic rings. The van der Waals surface area contributed by atoms with E-state index in [9.17, 15) is 9.59 Å². The monoisotopic (exact) mass is 477 g/mol. The molecule has 0 unspecified atom stereocenters. The molecule has 3 rings (SSSR count). The van der Waals surface area contributed by atoms with E-state index >= 15 is 0 Å². The average molecular weight is 478 g/mol. The summed E-state index contributed by atoms with van der Waals surface area (Å²) in [6, 6.07) is 15.2. The summed E-state index contributed by atoms with van der Waals surface area (Å²) in [5.41, 5.74) is 3.80. The molecule has 1 amide bonds. The number of esters is 1. The van der Waals surface area contributed by atoms with Crippen LogP contribution in [0.1, 0.15) is 59.4 Å². The maximum Gasteiger partial charge on any atom is 0.329 e. The molecule has 2 aromatic carbocycles. The fourth-order valence-electron chi connectivity index (χ4n) is 4.07. The predicted octanol–water partition coefficient (Wildman–Crippen LogP) is 5.03. The SMILES string of the molecule is CCCCC(=O)N(Cc1ccc(-c2ccccc2-c2nn[nH]n2)cc1)[C@H](C(=O)OC(C)C)C(C)C. The third kappa shape index (κ3) is 6.74. The third-order valence-electron chi connectivity index (χ3n) is 5.76. The lowest BCUT2D eigenvalue weighted by atomic mass is 9.97. The number of carbonyl (C=O) groups excluding carboxylic acids is 2. The zero-order valence-corrected chi connectivity index (χ0v) is 21.2. The molecule has 0 saturated heterocycles. The van der Waals surface area contributed by atoms with Gasteiger partial charge in [0.05, 0.1) is 6.10 Å². The second-order valence-electron chi connectivity index (χ2n) is 9.28. The lowest BCUT2D eigenvalue weighted by Gasteiger charge is -2.33. The fraction of sp³-hybridized carbons (Fsp3) is 0.444. The highest BCUT2D eigenvalue weighted by Crippen LogP contribution is 2.30. The van der Waals surface area contributed by atoms with Gasteiger partial charge in [-0.1, -0.05) is 75.7 Å². The van der Waals surface area contributed by atoms with Gasteiger partial charge >= 0.3 is 5.97 Å². The molecule has 35 heavy (non-hydrogen) atoms. The van der Waals surface area contributed by atoms with E-state index in [1.165, 1.54) is 0 Å². The number of hydrogen-bond donors (Lipinski definition) is 1. The molecule has 0 aliphatic heterocycles. The van der Waals surface area contributed by atoms with Gasteiger partial charge in [-0.15, -0.1) is 10.2 Å². The first kappa shape index (κ1) is 26.1. The van der Waals surface area contributed by atoms with Crippen molar-refractivity contribution in [2.75, 3.05) is 0 Å². The molecule has 8 nitrogen and oxygen atoms in total. The maximum atomic E-state index is 13.2. The number of nitrogens with one attached hydrogen (secondary N) is 1. The normalized spacial score (nSPS) is 12.1. The Kier molecular flexibility index (Phi) is 9.11. The van der Waals surface area contributed by atoms with Crippen LogP contribution in [-0.4, -0.2) is 49.5 Å². The van der Waals surface area contributed by atoms with Gasteiger partial charge in [0.2, 0.25) is 11.7 Å². The van der Waals surface area contributed by atoms with Gasteiger partial charge in [0.15, 0.2) is 0 Å². The smallest absolute Gasteiger partial charge is 0.329 e. The molecule has 1 heterocycles. The van der Waals surface area contributed by atoms with Gasteiger partial charge in [-0.2, -0.15) is 5.21 Å². The summed E-state index contributed by atoms with van der Waals surface area (Å²) in [4.78, 5) is 27.8. The van der Waals surface area contributed by atoms with Crippen molar-refractivity contribution in [1.82, 2.24) is 25.5 Å². The van der Waals surface area contributed by atoms with Crippen LogP contribution in [0.25, 0.3) is 22.5 Å².